The molecular formula is C20H18ClIN2O3. The SMILES string of the molecule is CCOc1cc(/C=C(\C#N)C(=O)Nc2c(C)cccc2Cl)cc(I)c1OC. The molecule has 0 spiro atoms. The van der Waals surface area contributed by atoms with Gasteiger partial charge in [0.15, 0.2) is 11.5 Å². The summed E-state index contributed by atoms with van der Waals surface area (Å²) < 4.78 is 11.8. The lowest BCUT2D eigenvalue weighted by Gasteiger charge is -2.12. The predicted molar refractivity (Wildman–Crippen MR) is 115 cm³/mol. The van der Waals surface area contributed by atoms with Crippen LogP contribution in [0.5, 0.6) is 11.5 Å². The first-order valence-electron chi connectivity index (χ1n) is 8.09. The van der Waals surface area contributed by atoms with E-state index in [4.69, 9.17) is 21.1 Å². The van der Waals surface area contributed by atoms with Crippen LogP contribution in [0.15, 0.2) is 35.9 Å². The van der Waals surface area contributed by atoms with E-state index in [1.807, 2.05) is 32.0 Å². The molecular weight excluding hydrogens is 479 g/mol. The second-order valence-electron chi connectivity index (χ2n) is 5.52. The first-order chi connectivity index (χ1) is 12.9. The van der Waals surface area contributed by atoms with Gasteiger partial charge >= 0.3 is 0 Å². The molecule has 0 bridgehead atoms. The summed E-state index contributed by atoms with van der Waals surface area (Å²) in [7, 11) is 1.57. The average molecular weight is 497 g/mol. The summed E-state index contributed by atoms with van der Waals surface area (Å²) in [5.41, 5.74) is 1.92. The fourth-order valence-electron chi connectivity index (χ4n) is 2.42. The van der Waals surface area contributed by atoms with Crippen molar-refractivity contribution < 1.29 is 14.3 Å². The molecule has 2 aromatic carbocycles. The molecule has 0 atom stereocenters. The second kappa shape index (κ2) is 9.62. The highest BCUT2D eigenvalue weighted by atomic mass is 127. The second-order valence-corrected chi connectivity index (χ2v) is 7.09. The Morgan fingerprint density at radius 1 is 1.41 bits per heavy atom. The number of hydrogen-bond acceptors (Lipinski definition) is 4. The Labute approximate surface area is 177 Å². The van der Waals surface area contributed by atoms with Crippen molar-refractivity contribution in [3.63, 3.8) is 0 Å². The molecule has 0 aliphatic rings. The van der Waals surface area contributed by atoms with Crippen LogP contribution < -0.4 is 14.8 Å². The summed E-state index contributed by atoms with van der Waals surface area (Å²) in [5, 5.41) is 12.6. The molecule has 0 heterocycles. The molecule has 0 aliphatic carbocycles. The number of ether oxygens (including phenoxy) is 2. The zero-order chi connectivity index (χ0) is 20.0. The van der Waals surface area contributed by atoms with Crippen molar-refractivity contribution in [3.05, 3.63) is 55.6 Å². The van der Waals surface area contributed by atoms with Gasteiger partial charge < -0.3 is 14.8 Å². The topological polar surface area (TPSA) is 71.3 Å². The molecule has 0 unspecified atom stereocenters. The molecule has 2 rings (SSSR count). The van der Waals surface area contributed by atoms with E-state index in [0.29, 0.717) is 34.4 Å². The van der Waals surface area contributed by atoms with Crippen molar-refractivity contribution in [2.45, 2.75) is 13.8 Å². The molecule has 0 saturated carbocycles. The summed E-state index contributed by atoms with van der Waals surface area (Å²) in [4.78, 5) is 12.6. The normalized spacial score (nSPS) is 10.9. The Morgan fingerprint density at radius 2 is 2.15 bits per heavy atom. The highest BCUT2D eigenvalue weighted by Crippen LogP contribution is 2.34. The third kappa shape index (κ3) is 5.15. The highest BCUT2D eigenvalue weighted by Gasteiger charge is 2.15. The smallest absolute Gasteiger partial charge is 0.266 e. The number of para-hydroxylation sites is 1. The number of amides is 1. The lowest BCUT2D eigenvalue weighted by atomic mass is 10.1. The van der Waals surface area contributed by atoms with E-state index in [-0.39, 0.29) is 5.57 Å². The van der Waals surface area contributed by atoms with Crippen LogP contribution in [-0.2, 0) is 4.79 Å². The Kier molecular flexibility index (Phi) is 7.51. The number of nitrogens with zero attached hydrogens (tertiary/aromatic N) is 1. The maximum atomic E-state index is 12.6. The number of methoxy groups -OCH3 is 1. The predicted octanol–water partition coefficient (Wildman–Crippen LogP) is 5.21. The van der Waals surface area contributed by atoms with Gasteiger partial charge in [0.2, 0.25) is 0 Å². The van der Waals surface area contributed by atoms with Gasteiger partial charge in [0.25, 0.3) is 5.91 Å². The van der Waals surface area contributed by atoms with E-state index >= 15 is 0 Å². The third-order valence-corrected chi connectivity index (χ3v) is 4.79. The molecule has 7 heteroatoms. The van der Waals surface area contributed by atoms with Gasteiger partial charge in [0.1, 0.15) is 11.6 Å². The number of nitriles is 1. The summed E-state index contributed by atoms with van der Waals surface area (Å²) in [6.45, 7) is 4.17. The summed E-state index contributed by atoms with van der Waals surface area (Å²) >= 11 is 8.26. The van der Waals surface area contributed by atoms with Crippen LogP contribution in [0.2, 0.25) is 5.02 Å². The summed E-state index contributed by atoms with van der Waals surface area (Å²) in [6, 6.07) is 10.8. The van der Waals surface area contributed by atoms with E-state index in [9.17, 15) is 10.1 Å². The Morgan fingerprint density at radius 3 is 2.74 bits per heavy atom. The number of carbonyl (C=O) groups is 1. The Bertz CT molecular complexity index is 915. The van der Waals surface area contributed by atoms with Crippen LogP contribution in [0.4, 0.5) is 5.69 Å². The van der Waals surface area contributed by atoms with Crippen LogP contribution in [0, 0.1) is 21.8 Å². The number of benzene rings is 2. The first kappa shape index (κ1) is 21.1. The summed E-state index contributed by atoms with van der Waals surface area (Å²) in [6.07, 6.45) is 1.51. The quantitative estimate of drug-likeness (QED) is 0.339. The maximum absolute atomic E-state index is 12.6. The molecule has 0 saturated heterocycles. The maximum Gasteiger partial charge on any atom is 0.266 e. The van der Waals surface area contributed by atoms with E-state index in [2.05, 4.69) is 27.9 Å². The minimum Gasteiger partial charge on any atom is -0.492 e. The number of carbonyl (C=O) groups excluding carboxylic acids is 1. The summed E-state index contributed by atoms with van der Waals surface area (Å²) in [5.74, 6) is 0.638. The Balaban J connectivity index is 2.38. The fraction of sp³-hybridized carbons (Fsp3) is 0.200. The minimum atomic E-state index is -0.530. The monoisotopic (exact) mass is 496 g/mol. The molecule has 140 valence electrons. The van der Waals surface area contributed by atoms with Gasteiger partial charge in [-0.1, -0.05) is 23.7 Å². The van der Waals surface area contributed by atoms with Crippen LogP contribution in [0.3, 0.4) is 0 Å². The molecule has 0 radical (unpaired) electrons. The zero-order valence-electron chi connectivity index (χ0n) is 15.1. The van der Waals surface area contributed by atoms with Gasteiger partial charge in [-0.25, -0.2) is 0 Å². The standard InChI is InChI=1S/C20H18ClIN2O3/c1-4-27-17-10-13(9-16(22)19(17)26-3)8-14(11-23)20(25)24-18-12(2)6-5-7-15(18)21/h5-10H,4H2,1-3H3,(H,24,25)/b14-8+. The van der Waals surface area contributed by atoms with Crippen molar-refractivity contribution >= 4 is 51.9 Å². The third-order valence-electron chi connectivity index (χ3n) is 3.67. The van der Waals surface area contributed by atoms with Gasteiger partial charge in [0.05, 0.1) is 28.0 Å². The van der Waals surface area contributed by atoms with E-state index in [0.717, 1.165) is 9.13 Å². The molecule has 27 heavy (non-hydrogen) atoms. The molecule has 0 aromatic heterocycles. The number of anilines is 1. The minimum absolute atomic E-state index is 0.0438. The highest BCUT2D eigenvalue weighted by molar-refractivity contribution is 14.1. The molecule has 2 aromatic rings. The van der Waals surface area contributed by atoms with Crippen LogP contribution in [0.1, 0.15) is 18.1 Å². The van der Waals surface area contributed by atoms with Gasteiger partial charge in [-0.15, -0.1) is 0 Å². The van der Waals surface area contributed by atoms with E-state index in [1.165, 1.54) is 6.08 Å². The van der Waals surface area contributed by atoms with Crippen molar-refractivity contribution in [2.24, 2.45) is 0 Å². The van der Waals surface area contributed by atoms with Crippen molar-refractivity contribution in [3.8, 4) is 17.6 Å². The van der Waals surface area contributed by atoms with E-state index in [1.54, 1.807) is 25.3 Å². The lowest BCUT2D eigenvalue weighted by molar-refractivity contribution is -0.112. The molecule has 1 amide bonds. The Hall–Kier alpha value is -2.24. The molecule has 1 N–H and O–H groups in total. The average Bonchev–Trinajstić information content (AvgIpc) is 2.63. The van der Waals surface area contributed by atoms with Crippen molar-refractivity contribution in [1.82, 2.24) is 0 Å². The zero-order valence-corrected chi connectivity index (χ0v) is 18.0. The largest absolute Gasteiger partial charge is 0.492 e. The number of aryl methyl sites for hydroxylation is 1. The lowest BCUT2D eigenvalue weighted by Crippen LogP contribution is -2.14. The molecule has 0 aliphatic heterocycles. The van der Waals surface area contributed by atoms with Crippen LogP contribution in [-0.4, -0.2) is 19.6 Å². The number of halogens is 2. The fourth-order valence-corrected chi connectivity index (χ4v) is 3.53. The van der Waals surface area contributed by atoms with Crippen molar-refractivity contribution in [2.75, 3.05) is 19.0 Å². The van der Waals surface area contributed by atoms with Crippen LogP contribution in [0.25, 0.3) is 6.08 Å². The van der Waals surface area contributed by atoms with E-state index < -0.39 is 5.91 Å². The first-order valence-corrected chi connectivity index (χ1v) is 9.55. The van der Waals surface area contributed by atoms with Gasteiger partial charge in [0, 0.05) is 0 Å². The van der Waals surface area contributed by atoms with Crippen LogP contribution >= 0.6 is 34.2 Å². The van der Waals surface area contributed by atoms with Gasteiger partial charge in [-0.05, 0) is 71.8 Å². The molecule has 0 fully saturated rings. The van der Waals surface area contributed by atoms with Gasteiger partial charge in [-0.2, -0.15) is 5.26 Å². The number of rotatable bonds is 6. The van der Waals surface area contributed by atoms with Gasteiger partial charge in [-0.3, -0.25) is 4.79 Å². The van der Waals surface area contributed by atoms with Crippen molar-refractivity contribution in [1.29, 1.82) is 5.26 Å². The molecule has 5 nitrogen and oxygen atoms in total. The number of hydrogen-bond donors (Lipinski definition) is 1. The number of nitrogens with one attached hydrogen (secondary N) is 1.